The molecule has 5 heteroatoms. The van der Waals surface area contributed by atoms with E-state index in [-0.39, 0.29) is 22.8 Å². The highest BCUT2D eigenvalue weighted by atomic mass is 19.1. The molecule has 1 spiro atoms. The molecule has 0 aromatic heterocycles. The van der Waals surface area contributed by atoms with Crippen LogP contribution in [0.2, 0.25) is 0 Å². The van der Waals surface area contributed by atoms with Crippen molar-refractivity contribution in [3.05, 3.63) is 29.6 Å². The van der Waals surface area contributed by atoms with Gasteiger partial charge >= 0.3 is 0 Å². The smallest absolute Gasteiger partial charge is 0.261 e. The number of piperazine rings is 1. The Morgan fingerprint density at radius 1 is 1.29 bits per heavy atom. The Labute approximate surface area is 124 Å². The first-order chi connectivity index (χ1) is 10.1. The molecular weight excluding hydrogens is 271 g/mol. The Bertz CT molecular complexity index is 513. The van der Waals surface area contributed by atoms with E-state index < -0.39 is 5.82 Å². The lowest BCUT2D eigenvalue weighted by Crippen LogP contribution is -2.63. The van der Waals surface area contributed by atoms with Crippen LogP contribution in [0, 0.1) is 5.82 Å². The van der Waals surface area contributed by atoms with E-state index >= 15 is 0 Å². The van der Waals surface area contributed by atoms with Crippen molar-refractivity contribution in [3.8, 4) is 5.75 Å². The number of amides is 1. The first kappa shape index (κ1) is 14.3. The summed E-state index contributed by atoms with van der Waals surface area (Å²) in [6.45, 7) is 2.03. The molecule has 1 aromatic carbocycles. The van der Waals surface area contributed by atoms with Crippen LogP contribution in [0.3, 0.4) is 0 Å². The van der Waals surface area contributed by atoms with Gasteiger partial charge < -0.3 is 15.3 Å². The molecule has 4 nitrogen and oxygen atoms in total. The SMILES string of the molecule is O=C(c1c(O)cccc1F)N1CCNCC12CCCCC2. The van der Waals surface area contributed by atoms with Crippen LogP contribution in [0.5, 0.6) is 5.75 Å². The van der Waals surface area contributed by atoms with Crippen LogP contribution in [-0.2, 0) is 0 Å². The van der Waals surface area contributed by atoms with Crippen molar-refractivity contribution in [3.63, 3.8) is 0 Å². The van der Waals surface area contributed by atoms with E-state index in [1.165, 1.54) is 24.6 Å². The molecule has 1 saturated heterocycles. The summed E-state index contributed by atoms with van der Waals surface area (Å²) in [5.74, 6) is -1.30. The van der Waals surface area contributed by atoms with Gasteiger partial charge in [-0.15, -0.1) is 0 Å². The summed E-state index contributed by atoms with van der Waals surface area (Å²) in [5, 5.41) is 13.2. The van der Waals surface area contributed by atoms with Gasteiger partial charge in [0.15, 0.2) is 0 Å². The highest BCUT2D eigenvalue weighted by Gasteiger charge is 2.43. The molecule has 1 aliphatic carbocycles. The molecule has 2 fully saturated rings. The molecule has 114 valence electrons. The van der Waals surface area contributed by atoms with Crippen molar-refractivity contribution in [2.75, 3.05) is 19.6 Å². The van der Waals surface area contributed by atoms with Crippen molar-refractivity contribution >= 4 is 5.91 Å². The maximum Gasteiger partial charge on any atom is 0.261 e. The third-order valence-electron chi connectivity index (χ3n) is 4.77. The standard InChI is InChI=1S/C16H21FN2O2/c17-12-5-4-6-13(20)14(12)15(21)19-10-9-18-11-16(19)7-2-1-3-8-16/h4-6,18,20H,1-3,7-11H2. The number of phenolic OH excluding ortho intramolecular Hbond substituents is 1. The third kappa shape index (κ3) is 2.50. The van der Waals surface area contributed by atoms with Crippen LogP contribution >= 0.6 is 0 Å². The second kappa shape index (κ2) is 5.64. The molecule has 0 unspecified atom stereocenters. The third-order valence-corrected chi connectivity index (χ3v) is 4.77. The molecule has 0 radical (unpaired) electrons. The Morgan fingerprint density at radius 2 is 2.05 bits per heavy atom. The van der Waals surface area contributed by atoms with Gasteiger partial charge in [-0.3, -0.25) is 4.79 Å². The molecule has 0 atom stereocenters. The van der Waals surface area contributed by atoms with Gasteiger partial charge in [0.25, 0.3) is 5.91 Å². The zero-order valence-electron chi connectivity index (χ0n) is 12.1. The summed E-state index contributed by atoms with van der Waals surface area (Å²) in [6, 6.07) is 4.00. The van der Waals surface area contributed by atoms with Crippen molar-refractivity contribution in [2.45, 2.75) is 37.6 Å². The largest absolute Gasteiger partial charge is 0.507 e. The fraction of sp³-hybridized carbons (Fsp3) is 0.562. The number of carbonyl (C=O) groups excluding carboxylic acids is 1. The van der Waals surface area contributed by atoms with E-state index in [2.05, 4.69) is 5.32 Å². The van der Waals surface area contributed by atoms with Gasteiger partial charge in [-0.2, -0.15) is 0 Å². The predicted molar refractivity (Wildman–Crippen MR) is 77.8 cm³/mol. The molecule has 1 amide bonds. The number of aromatic hydroxyl groups is 1. The number of phenols is 1. The van der Waals surface area contributed by atoms with Crippen LogP contribution in [0.25, 0.3) is 0 Å². The minimum atomic E-state index is -0.649. The lowest BCUT2D eigenvalue weighted by atomic mass is 9.78. The van der Waals surface area contributed by atoms with E-state index in [4.69, 9.17) is 0 Å². The number of halogens is 1. The lowest BCUT2D eigenvalue weighted by Gasteiger charge is -2.49. The van der Waals surface area contributed by atoms with Gasteiger partial charge in [0.2, 0.25) is 0 Å². The summed E-state index contributed by atoms with van der Waals surface area (Å²) in [6.07, 6.45) is 5.26. The van der Waals surface area contributed by atoms with Crippen molar-refractivity contribution in [2.24, 2.45) is 0 Å². The van der Waals surface area contributed by atoms with Crippen LogP contribution in [0.1, 0.15) is 42.5 Å². The zero-order chi connectivity index (χ0) is 14.9. The van der Waals surface area contributed by atoms with Crippen molar-refractivity contribution < 1.29 is 14.3 Å². The number of nitrogens with one attached hydrogen (secondary N) is 1. The highest BCUT2D eigenvalue weighted by molar-refractivity contribution is 5.97. The van der Waals surface area contributed by atoms with Crippen LogP contribution in [-0.4, -0.2) is 41.1 Å². The number of rotatable bonds is 1. The van der Waals surface area contributed by atoms with Gasteiger partial charge in [-0.25, -0.2) is 4.39 Å². The minimum absolute atomic E-state index is 0.190. The van der Waals surface area contributed by atoms with Crippen LogP contribution < -0.4 is 5.32 Å². The van der Waals surface area contributed by atoms with Crippen LogP contribution in [0.15, 0.2) is 18.2 Å². The van der Waals surface area contributed by atoms with Crippen molar-refractivity contribution in [1.29, 1.82) is 0 Å². The second-order valence-corrected chi connectivity index (χ2v) is 6.05. The average Bonchev–Trinajstić information content (AvgIpc) is 2.48. The molecule has 2 N–H and O–H groups in total. The fourth-order valence-electron chi connectivity index (χ4n) is 3.68. The summed E-state index contributed by atoms with van der Waals surface area (Å²) in [4.78, 5) is 14.6. The Morgan fingerprint density at radius 3 is 2.76 bits per heavy atom. The van der Waals surface area contributed by atoms with Crippen LogP contribution in [0.4, 0.5) is 4.39 Å². The van der Waals surface area contributed by atoms with Gasteiger partial charge in [0.05, 0.1) is 5.54 Å². The quantitative estimate of drug-likeness (QED) is 0.835. The normalized spacial score (nSPS) is 21.5. The Hall–Kier alpha value is -1.62. The second-order valence-electron chi connectivity index (χ2n) is 6.05. The summed E-state index contributed by atoms with van der Waals surface area (Å²) < 4.78 is 14.0. The number of nitrogens with zero attached hydrogens (tertiary/aromatic N) is 1. The first-order valence-corrected chi connectivity index (χ1v) is 7.64. The molecule has 3 rings (SSSR count). The summed E-state index contributed by atoms with van der Waals surface area (Å²) >= 11 is 0. The zero-order valence-corrected chi connectivity index (χ0v) is 12.1. The predicted octanol–water partition coefficient (Wildman–Crippen LogP) is 2.28. The molecular formula is C16H21FN2O2. The molecule has 21 heavy (non-hydrogen) atoms. The summed E-state index contributed by atoms with van der Waals surface area (Å²) in [7, 11) is 0. The number of benzene rings is 1. The highest BCUT2D eigenvalue weighted by Crippen LogP contribution is 2.36. The topological polar surface area (TPSA) is 52.6 Å². The van der Waals surface area contributed by atoms with E-state index in [0.717, 1.165) is 32.2 Å². The molecule has 0 bridgehead atoms. The van der Waals surface area contributed by atoms with Gasteiger partial charge in [-0.05, 0) is 25.0 Å². The average molecular weight is 292 g/mol. The van der Waals surface area contributed by atoms with Crippen molar-refractivity contribution in [1.82, 2.24) is 10.2 Å². The molecule has 1 aliphatic heterocycles. The number of hydrogen-bond acceptors (Lipinski definition) is 3. The minimum Gasteiger partial charge on any atom is -0.507 e. The maximum absolute atomic E-state index is 14.0. The number of carbonyl (C=O) groups is 1. The van der Waals surface area contributed by atoms with E-state index in [1.54, 1.807) is 4.90 Å². The summed E-state index contributed by atoms with van der Waals surface area (Å²) in [5.41, 5.74) is -0.410. The fourth-order valence-corrected chi connectivity index (χ4v) is 3.68. The van der Waals surface area contributed by atoms with E-state index in [9.17, 15) is 14.3 Å². The van der Waals surface area contributed by atoms with Gasteiger partial charge in [0, 0.05) is 19.6 Å². The molecule has 1 heterocycles. The molecule has 1 saturated carbocycles. The maximum atomic E-state index is 14.0. The molecule has 1 aromatic rings. The Kier molecular flexibility index (Phi) is 3.85. The number of hydrogen-bond donors (Lipinski definition) is 2. The van der Waals surface area contributed by atoms with E-state index in [0.29, 0.717) is 13.1 Å². The van der Waals surface area contributed by atoms with Gasteiger partial charge in [0.1, 0.15) is 17.1 Å². The monoisotopic (exact) mass is 292 g/mol. The first-order valence-electron chi connectivity index (χ1n) is 7.64. The van der Waals surface area contributed by atoms with E-state index in [1.807, 2.05) is 0 Å². The molecule has 2 aliphatic rings. The lowest BCUT2D eigenvalue weighted by molar-refractivity contribution is 0.0216. The van der Waals surface area contributed by atoms with Gasteiger partial charge in [-0.1, -0.05) is 25.3 Å². The Balaban J connectivity index is 1.95.